The van der Waals surface area contributed by atoms with E-state index in [1.165, 1.54) is 19.2 Å². The van der Waals surface area contributed by atoms with E-state index in [-0.39, 0.29) is 4.90 Å². The van der Waals surface area contributed by atoms with Gasteiger partial charge in [-0.2, -0.15) is 0 Å². The highest BCUT2D eigenvalue weighted by Crippen LogP contribution is 2.32. The number of methoxy groups -OCH3 is 1. The summed E-state index contributed by atoms with van der Waals surface area (Å²) in [7, 11) is -2.43. The van der Waals surface area contributed by atoms with Crippen molar-refractivity contribution in [2.45, 2.75) is 31.2 Å². The Balaban J connectivity index is 2.37. The zero-order chi connectivity index (χ0) is 20.0. The number of ether oxygens (including phenoxy) is 2. The van der Waals surface area contributed by atoms with Gasteiger partial charge < -0.3 is 14.6 Å². The summed E-state index contributed by atoms with van der Waals surface area (Å²) < 4.78 is 38.5. The average Bonchev–Trinajstić information content (AvgIpc) is 2.61. The molecule has 0 saturated carbocycles. The van der Waals surface area contributed by atoms with Crippen molar-refractivity contribution >= 4 is 16.0 Å². The summed E-state index contributed by atoms with van der Waals surface area (Å²) in [4.78, 5) is 11.4. The maximum Gasteiger partial charge on any atom is 0.305 e. The maximum atomic E-state index is 12.7. The molecular formula is C19H23NO6S. The van der Waals surface area contributed by atoms with E-state index < -0.39 is 28.5 Å². The summed E-state index contributed by atoms with van der Waals surface area (Å²) in [6.45, 7) is 4.12. The van der Waals surface area contributed by atoms with Crippen LogP contribution in [0.2, 0.25) is 0 Å². The molecule has 2 N–H and O–H groups in total. The molecule has 0 spiro atoms. The van der Waals surface area contributed by atoms with E-state index in [1.807, 2.05) is 13.8 Å². The normalized spacial score (nSPS) is 12.4. The Kier molecular flexibility index (Phi) is 6.81. The molecule has 0 unspecified atom stereocenters. The fraction of sp³-hybridized carbons (Fsp3) is 0.316. The topological polar surface area (TPSA) is 102 Å². The van der Waals surface area contributed by atoms with Crippen molar-refractivity contribution in [3.8, 4) is 11.5 Å². The second kappa shape index (κ2) is 8.88. The first kappa shape index (κ1) is 20.7. The number of nitrogens with one attached hydrogen (secondary N) is 1. The SMILES string of the molecule is CCOc1ccc([C@@H](CC(=O)O)NS(=O)(=O)c2ccc(C)cc2)cc1OC. The van der Waals surface area contributed by atoms with Crippen molar-refractivity contribution in [1.29, 1.82) is 0 Å². The predicted octanol–water partition coefficient (Wildman–Crippen LogP) is 2.90. The lowest BCUT2D eigenvalue weighted by molar-refractivity contribution is -0.137. The zero-order valence-corrected chi connectivity index (χ0v) is 16.2. The third-order valence-corrected chi connectivity index (χ3v) is 5.38. The molecule has 0 radical (unpaired) electrons. The minimum absolute atomic E-state index is 0.0707. The Hall–Kier alpha value is -2.58. The van der Waals surface area contributed by atoms with Gasteiger partial charge in [0, 0.05) is 0 Å². The van der Waals surface area contributed by atoms with Crippen LogP contribution in [0.3, 0.4) is 0 Å². The minimum atomic E-state index is -3.90. The van der Waals surface area contributed by atoms with Crippen LogP contribution in [-0.2, 0) is 14.8 Å². The average molecular weight is 393 g/mol. The third kappa shape index (κ3) is 5.45. The Morgan fingerprint density at radius 1 is 1.15 bits per heavy atom. The summed E-state index contributed by atoms with van der Waals surface area (Å²) in [6, 6.07) is 10.2. The van der Waals surface area contributed by atoms with Gasteiger partial charge in [0.1, 0.15) is 0 Å². The highest BCUT2D eigenvalue weighted by Gasteiger charge is 2.24. The van der Waals surface area contributed by atoms with Crippen LogP contribution >= 0.6 is 0 Å². The van der Waals surface area contributed by atoms with E-state index in [0.717, 1.165) is 5.56 Å². The number of carbonyl (C=O) groups is 1. The van der Waals surface area contributed by atoms with Gasteiger partial charge in [-0.15, -0.1) is 0 Å². The zero-order valence-electron chi connectivity index (χ0n) is 15.4. The van der Waals surface area contributed by atoms with Crippen LogP contribution in [0.15, 0.2) is 47.4 Å². The number of benzene rings is 2. The lowest BCUT2D eigenvalue weighted by Gasteiger charge is -2.19. The molecule has 8 heteroatoms. The summed E-state index contributed by atoms with van der Waals surface area (Å²) in [5, 5.41) is 9.22. The van der Waals surface area contributed by atoms with E-state index in [4.69, 9.17) is 9.47 Å². The van der Waals surface area contributed by atoms with Gasteiger partial charge >= 0.3 is 5.97 Å². The van der Waals surface area contributed by atoms with E-state index >= 15 is 0 Å². The highest BCUT2D eigenvalue weighted by molar-refractivity contribution is 7.89. The first-order valence-electron chi connectivity index (χ1n) is 8.38. The van der Waals surface area contributed by atoms with E-state index in [2.05, 4.69) is 4.72 Å². The largest absolute Gasteiger partial charge is 0.493 e. The van der Waals surface area contributed by atoms with E-state index in [9.17, 15) is 18.3 Å². The second-order valence-corrected chi connectivity index (χ2v) is 7.64. The van der Waals surface area contributed by atoms with E-state index in [0.29, 0.717) is 23.7 Å². The van der Waals surface area contributed by atoms with E-state index in [1.54, 1.807) is 30.3 Å². The molecule has 1 atom stereocenters. The molecule has 0 fully saturated rings. The minimum Gasteiger partial charge on any atom is -0.493 e. The molecule has 0 amide bonds. The van der Waals surface area contributed by atoms with Gasteiger partial charge in [-0.25, -0.2) is 13.1 Å². The maximum absolute atomic E-state index is 12.7. The first-order chi connectivity index (χ1) is 12.8. The van der Waals surface area contributed by atoms with Gasteiger partial charge in [-0.05, 0) is 43.7 Å². The van der Waals surface area contributed by atoms with Crippen LogP contribution in [0.4, 0.5) is 0 Å². The molecule has 2 aromatic carbocycles. The van der Waals surface area contributed by atoms with Gasteiger partial charge in [0.2, 0.25) is 10.0 Å². The summed E-state index contributed by atoms with van der Waals surface area (Å²) in [6.07, 6.45) is -0.414. The van der Waals surface area contributed by atoms with Gasteiger partial charge in [-0.1, -0.05) is 23.8 Å². The molecule has 0 aliphatic heterocycles. The summed E-state index contributed by atoms with van der Waals surface area (Å²) >= 11 is 0. The number of rotatable bonds is 9. The standard InChI is InChI=1S/C19H23NO6S/c1-4-26-17-10-7-14(11-18(17)25-3)16(12-19(21)22)20-27(23,24)15-8-5-13(2)6-9-15/h5-11,16,20H,4,12H2,1-3H3,(H,21,22)/t16-/m1/s1. The number of carboxylic acids is 1. The molecule has 0 heterocycles. The molecular weight excluding hydrogens is 370 g/mol. The van der Waals surface area contributed by atoms with Gasteiger partial charge in [-0.3, -0.25) is 4.79 Å². The lowest BCUT2D eigenvalue weighted by atomic mass is 10.0. The quantitative estimate of drug-likeness (QED) is 0.679. The third-order valence-electron chi connectivity index (χ3n) is 3.90. The van der Waals surface area contributed by atoms with Crippen molar-refractivity contribution < 1.29 is 27.8 Å². The predicted molar refractivity (Wildman–Crippen MR) is 101 cm³/mol. The van der Waals surface area contributed by atoms with Crippen molar-refractivity contribution in [1.82, 2.24) is 4.72 Å². The molecule has 0 aromatic heterocycles. The van der Waals surface area contributed by atoms with Gasteiger partial charge in [0.05, 0.1) is 31.1 Å². The van der Waals surface area contributed by atoms with Crippen LogP contribution in [0.25, 0.3) is 0 Å². The van der Waals surface area contributed by atoms with Crippen LogP contribution < -0.4 is 14.2 Å². The van der Waals surface area contributed by atoms with Crippen molar-refractivity contribution in [2.24, 2.45) is 0 Å². The molecule has 2 rings (SSSR count). The fourth-order valence-corrected chi connectivity index (χ4v) is 3.78. The Labute approximate surface area is 159 Å². The molecule has 0 aliphatic rings. The molecule has 27 heavy (non-hydrogen) atoms. The van der Waals surface area contributed by atoms with Gasteiger partial charge in [0.25, 0.3) is 0 Å². The summed E-state index contributed by atoms with van der Waals surface area (Å²) in [5.74, 6) is -0.224. The van der Waals surface area contributed by atoms with Gasteiger partial charge in [0.15, 0.2) is 11.5 Å². The Morgan fingerprint density at radius 2 is 1.81 bits per heavy atom. The van der Waals surface area contributed by atoms with Crippen LogP contribution in [0.1, 0.15) is 30.5 Å². The first-order valence-corrected chi connectivity index (χ1v) is 9.86. The Bertz CT molecular complexity index is 893. The smallest absolute Gasteiger partial charge is 0.305 e. The van der Waals surface area contributed by atoms with Crippen molar-refractivity contribution in [3.63, 3.8) is 0 Å². The van der Waals surface area contributed by atoms with Crippen molar-refractivity contribution in [2.75, 3.05) is 13.7 Å². The van der Waals surface area contributed by atoms with Crippen molar-refractivity contribution in [3.05, 3.63) is 53.6 Å². The molecule has 0 aliphatic carbocycles. The monoisotopic (exact) mass is 393 g/mol. The Morgan fingerprint density at radius 3 is 2.37 bits per heavy atom. The summed E-state index contributed by atoms with van der Waals surface area (Å²) in [5.41, 5.74) is 1.39. The number of hydrogen-bond donors (Lipinski definition) is 2. The number of carboxylic acid groups (broad SMARTS) is 1. The van der Waals surface area contributed by atoms with Crippen LogP contribution in [0.5, 0.6) is 11.5 Å². The number of hydrogen-bond acceptors (Lipinski definition) is 5. The molecule has 0 bridgehead atoms. The molecule has 146 valence electrons. The lowest BCUT2D eigenvalue weighted by Crippen LogP contribution is -2.30. The molecule has 0 saturated heterocycles. The molecule has 7 nitrogen and oxygen atoms in total. The van der Waals surface area contributed by atoms with Crippen LogP contribution in [-0.4, -0.2) is 33.2 Å². The molecule has 2 aromatic rings. The number of sulfonamides is 1. The number of aliphatic carboxylic acids is 1. The highest BCUT2D eigenvalue weighted by atomic mass is 32.2. The second-order valence-electron chi connectivity index (χ2n) is 5.93. The fourth-order valence-electron chi connectivity index (χ4n) is 2.55. The van der Waals surface area contributed by atoms with Crippen LogP contribution in [0, 0.1) is 6.92 Å². The number of aryl methyl sites for hydroxylation is 1.